The van der Waals surface area contributed by atoms with Gasteiger partial charge in [-0.3, -0.25) is 14.4 Å². The van der Waals surface area contributed by atoms with Gasteiger partial charge in [0.25, 0.3) is 5.56 Å². The van der Waals surface area contributed by atoms with Gasteiger partial charge < -0.3 is 24.6 Å². The molecule has 3 heterocycles. The fourth-order valence-electron chi connectivity index (χ4n) is 6.31. The van der Waals surface area contributed by atoms with Crippen molar-refractivity contribution >= 4 is 11.8 Å². The molecule has 5 rings (SSSR count). The average molecular weight is 480 g/mol. The Morgan fingerprint density at radius 2 is 1.89 bits per heavy atom. The minimum absolute atomic E-state index is 0.0591. The smallest absolute Gasteiger partial charge is 0.250 e. The third-order valence-corrected chi connectivity index (χ3v) is 8.03. The monoisotopic (exact) mass is 479 g/mol. The second-order valence-electron chi connectivity index (χ2n) is 9.93. The number of ether oxygens (including phenoxy) is 1. The molecule has 0 radical (unpaired) electrons. The Balaban J connectivity index is 1.48. The fourth-order valence-corrected chi connectivity index (χ4v) is 6.31. The molecular weight excluding hydrogens is 446 g/mol. The van der Waals surface area contributed by atoms with Crippen molar-refractivity contribution in [1.82, 2.24) is 14.8 Å². The van der Waals surface area contributed by atoms with E-state index in [1.54, 1.807) is 17.7 Å². The fraction of sp³-hybridized carbons (Fsp3) is 0.519. The van der Waals surface area contributed by atoms with Crippen LogP contribution in [0.1, 0.15) is 49.4 Å². The van der Waals surface area contributed by atoms with Gasteiger partial charge in [0.05, 0.1) is 25.1 Å². The summed E-state index contributed by atoms with van der Waals surface area (Å²) in [5.41, 5.74) is 1.43. The number of hydrogen-bond acceptors (Lipinski definition) is 5. The normalized spacial score (nSPS) is 25.7. The molecule has 2 amide bonds. The van der Waals surface area contributed by atoms with Crippen molar-refractivity contribution in [1.29, 1.82) is 0 Å². The Morgan fingerprint density at radius 3 is 2.63 bits per heavy atom. The van der Waals surface area contributed by atoms with Gasteiger partial charge >= 0.3 is 0 Å². The molecule has 1 aromatic carbocycles. The lowest BCUT2D eigenvalue weighted by atomic mass is 9.86. The Bertz CT molecular complexity index is 1160. The predicted octanol–water partition coefficient (Wildman–Crippen LogP) is 2.24. The van der Waals surface area contributed by atoms with E-state index in [0.717, 1.165) is 37.7 Å². The number of methoxy groups -OCH3 is 1. The van der Waals surface area contributed by atoms with Crippen LogP contribution in [-0.4, -0.2) is 46.1 Å². The van der Waals surface area contributed by atoms with Crippen LogP contribution in [0.15, 0.2) is 47.3 Å². The van der Waals surface area contributed by atoms with Gasteiger partial charge in [-0.25, -0.2) is 0 Å². The topological polar surface area (TPSA) is 101 Å². The molecule has 8 heteroatoms. The van der Waals surface area contributed by atoms with E-state index >= 15 is 0 Å². The van der Waals surface area contributed by atoms with Gasteiger partial charge in [0.1, 0.15) is 5.75 Å². The highest BCUT2D eigenvalue weighted by atomic mass is 16.5. The molecule has 2 fully saturated rings. The number of nitrogens with zero attached hydrogens (tertiary/aromatic N) is 2. The zero-order valence-corrected chi connectivity index (χ0v) is 20.1. The highest BCUT2D eigenvalue weighted by Crippen LogP contribution is 2.49. The van der Waals surface area contributed by atoms with E-state index in [4.69, 9.17) is 4.74 Å². The molecule has 1 aliphatic carbocycles. The third-order valence-electron chi connectivity index (χ3n) is 8.03. The summed E-state index contributed by atoms with van der Waals surface area (Å²) >= 11 is 0. The number of carbonyl (C=O) groups excluding carboxylic acids is 2. The van der Waals surface area contributed by atoms with Crippen LogP contribution < -0.4 is 15.6 Å². The summed E-state index contributed by atoms with van der Waals surface area (Å²) in [5, 5.41) is 13.4. The molecule has 0 unspecified atom stereocenters. The number of hydrogen-bond donors (Lipinski definition) is 2. The first-order valence-electron chi connectivity index (χ1n) is 12.6. The van der Waals surface area contributed by atoms with Crippen molar-refractivity contribution in [3.63, 3.8) is 0 Å². The largest absolute Gasteiger partial charge is 0.497 e. The molecule has 2 aliphatic heterocycles. The molecule has 1 aromatic heterocycles. The molecule has 2 aromatic rings. The van der Waals surface area contributed by atoms with Crippen LogP contribution in [0.25, 0.3) is 0 Å². The molecule has 4 atom stereocenters. The maximum atomic E-state index is 13.8. The number of carbonyl (C=O) groups is 2. The van der Waals surface area contributed by atoms with Gasteiger partial charge in [0.15, 0.2) is 0 Å². The third kappa shape index (κ3) is 4.24. The lowest BCUT2D eigenvalue weighted by Crippen LogP contribution is -2.51. The maximum Gasteiger partial charge on any atom is 0.250 e. The maximum absolute atomic E-state index is 13.8. The SMILES string of the molecule is COc1cccc(CNC(=O)[C@@H]2[C@@H](CO)[C@@H]3Cn4c(cccc4=O)[C@H]2N3C(=O)C2CCCCC2)c1. The number of nitrogens with one attached hydrogen (secondary N) is 1. The standard InChI is InChI=1S/C27H33N3O5/c1-35-19-10-5-7-17(13-19)14-28-26(33)24-20(16-31)22-15-29-21(11-6-12-23(29)32)25(24)30(22)27(34)18-8-3-2-4-9-18/h5-7,10-13,18,20,22,24-25,31H,2-4,8-9,14-16H2,1H3,(H,28,33)/t20-,22-,24+,25+/m0/s1. The molecule has 35 heavy (non-hydrogen) atoms. The van der Waals surface area contributed by atoms with E-state index < -0.39 is 17.9 Å². The minimum atomic E-state index is -0.640. The van der Waals surface area contributed by atoms with Crippen LogP contribution in [0.5, 0.6) is 5.75 Å². The predicted molar refractivity (Wildman–Crippen MR) is 130 cm³/mol. The van der Waals surface area contributed by atoms with E-state index in [1.165, 1.54) is 6.07 Å². The first kappa shape index (κ1) is 23.6. The molecule has 1 saturated heterocycles. The Hall–Kier alpha value is -3.13. The summed E-state index contributed by atoms with van der Waals surface area (Å²) in [6, 6.07) is 11.6. The molecule has 2 bridgehead atoms. The molecular formula is C27H33N3O5. The van der Waals surface area contributed by atoms with Crippen LogP contribution in [0.3, 0.4) is 0 Å². The zero-order chi connectivity index (χ0) is 24.5. The van der Waals surface area contributed by atoms with Gasteiger partial charge in [-0.2, -0.15) is 0 Å². The number of aliphatic hydroxyl groups is 1. The lowest BCUT2D eigenvalue weighted by Gasteiger charge is -2.40. The molecule has 2 N–H and O–H groups in total. The quantitative estimate of drug-likeness (QED) is 0.662. The van der Waals surface area contributed by atoms with E-state index in [9.17, 15) is 19.5 Å². The second kappa shape index (κ2) is 9.85. The van der Waals surface area contributed by atoms with Gasteiger partial charge in [0.2, 0.25) is 11.8 Å². The lowest BCUT2D eigenvalue weighted by molar-refractivity contribution is -0.142. The van der Waals surface area contributed by atoms with E-state index in [1.807, 2.05) is 35.2 Å². The van der Waals surface area contributed by atoms with E-state index in [0.29, 0.717) is 24.5 Å². The van der Waals surface area contributed by atoms with Crippen molar-refractivity contribution in [2.45, 2.75) is 57.3 Å². The average Bonchev–Trinajstić information content (AvgIpc) is 3.14. The number of aliphatic hydroxyl groups excluding tert-OH is 1. The van der Waals surface area contributed by atoms with Crippen LogP contribution in [-0.2, 0) is 22.7 Å². The summed E-state index contributed by atoms with van der Waals surface area (Å²) in [6.45, 7) is 0.380. The molecule has 0 spiro atoms. The van der Waals surface area contributed by atoms with Crippen molar-refractivity contribution in [3.8, 4) is 5.75 Å². The summed E-state index contributed by atoms with van der Waals surface area (Å²) in [4.78, 5) is 42.0. The summed E-state index contributed by atoms with van der Waals surface area (Å²) < 4.78 is 6.96. The molecule has 8 nitrogen and oxygen atoms in total. The number of amides is 2. The number of aromatic nitrogens is 1. The minimum Gasteiger partial charge on any atom is -0.497 e. The summed E-state index contributed by atoms with van der Waals surface area (Å²) in [7, 11) is 1.60. The van der Waals surface area contributed by atoms with Gasteiger partial charge in [-0.15, -0.1) is 0 Å². The summed E-state index contributed by atoms with van der Waals surface area (Å²) in [5.74, 6) is -0.599. The van der Waals surface area contributed by atoms with Gasteiger partial charge in [0, 0.05) is 43.3 Å². The Morgan fingerprint density at radius 1 is 1.11 bits per heavy atom. The van der Waals surface area contributed by atoms with Gasteiger partial charge in [-0.1, -0.05) is 37.5 Å². The van der Waals surface area contributed by atoms with Crippen LogP contribution in [0.4, 0.5) is 0 Å². The number of benzene rings is 1. The van der Waals surface area contributed by atoms with Crippen molar-refractivity contribution in [2.75, 3.05) is 13.7 Å². The highest BCUT2D eigenvalue weighted by Gasteiger charge is 2.57. The summed E-state index contributed by atoms with van der Waals surface area (Å²) in [6.07, 6.45) is 4.91. The van der Waals surface area contributed by atoms with Crippen molar-refractivity contribution < 1.29 is 19.4 Å². The van der Waals surface area contributed by atoms with Gasteiger partial charge in [-0.05, 0) is 36.6 Å². The number of fused-ring (bicyclic) bond motifs is 4. The molecule has 186 valence electrons. The first-order chi connectivity index (χ1) is 17.0. The Labute approximate surface area is 204 Å². The molecule has 1 saturated carbocycles. The van der Waals surface area contributed by atoms with Crippen LogP contribution in [0.2, 0.25) is 0 Å². The second-order valence-corrected chi connectivity index (χ2v) is 9.93. The van der Waals surface area contributed by atoms with Crippen LogP contribution >= 0.6 is 0 Å². The van der Waals surface area contributed by atoms with Crippen molar-refractivity contribution in [3.05, 3.63) is 64.1 Å². The Kier molecular flexibility index (Phi) is 6.65. The van der Waals surface area contributed by atoms with E-state index in [-0.39, 0.29) is 35.9 Å². The molecule has 3 aliphatic rings. The number of rotatable bonds is 6. The van der Waals surface area contributed by atoms with Crippen molar-refractivity contribution in [2.24, 2.45) is 17.8 Å². The first-order valence-corrected chi connectivity index (χ1v) is 12.6. The van der Waals surface area contributed by atoms with Crippen LogP contribution in [0, 0.1) is 17.8 Å². The zero-order valence-electron chi connectivity index (χ0n) is 20.1. The van der Waals surface area contributed by atoms with E-state index in [2.05, 4.69) is 5.32 Å². The highest BCUT2D eigenvalue weighted by molar-refractivity contribution is 5.85. The number of pyridine rings is 1.